The molecule has 3 aromatic rings. The third kappa shape index (κ3) is 8.39. The summed E-state index contributed by atoms with van der Waals surface area (Å²) in [6.45, 7) is 14.6. The topological polar surface area (TPSA) is 79.3 Å². The van der Waals surface area contributed by atoms with Gasteiger partial charge in [-0.15, -0.1) is 11.3 Å². The molecule has 3 rings (SSSR count). The van der Waals surface area contributed by atoms with E-state index in [4.69, 9.17) is 4.98 Å². The lowest BCUT2D eigenvalue weighted by Crippen LogP contribution is -2.47. The minimum Gasteiger partial charge on any atom is -0.354 e. The molecule has 0 bridgehead atoms. The molecular weight excluding hydrogens is 506 g/mol. The Morgan fingerprint density at radius 3 is 2.46 bits per heavy atom. The van der Waals surface area contributed by atoms with Gasteiger partial charge in [0.25, 0.3) is 5.91 Å². The molecule has 0 aliphatic heterocycles. The molecule has 2 aromatic heterocycles. The van der Waals surface area contributed by atoms with Crippen LogP contribution in [0, 0.1) is 0 Å². The van der Waals surface area contributed by atoms with Crippen molar-refractivity contribution < 1.29 is 9.59 Å². The number of rotatable bonds is 17. The number of thiophene rings is 1. The second-order valence-corrected chi connectivity index (χ2v) is 11.2. The van der Waals surface area contributed by atoms with Crippen LogP contribution in [0.25, 0.3) is 11.0 Å². The molecule has 0 aliphatic carbocycles. The molecular formula is C31H47N5O2S. The summed E-state index contributed by atoms with van der Waals surface area (Å²) in [5, 5.41) is 8.12. The van der Waals surface area contributed by atoms with Gasteiger partial charge in [-0.3, -0.25) is 9.59 Å². The number of hydrogen-bond donors (Lipinski definition) is 2. The molecule has 214 valence electrons. The highest BCUT2D eigenvalue weighted by Gasteiger charge is 2.22. The van der Waals surface area contributed by atoms with E-state index in [9.17, 15) is 9.59 Å². The predicted molar refractivity (Wildman–Crippen MR) is 163 cm³/mol. The summed E-state index contributed by atoms with van der Waals surface area (Å²) < 4.78 is 2.35. The van der Waals surface area contributed by atoms with Crippen LogP contribution >= 0.6 is 11.3 Å². The molecule has 0 saturated carbocycles. The van der Waals surface area contributed by atoms with E-state index in [2.05, 4.69) is 65.3 Å². The predicted octanol–water partition coefficient (Wildman–Crippen LogP) is 6.19. The zero-order chi connectivity index (χ0) is 28.2. The zero-order valence-electron chi connectivity index (χ0n) is 24.5. The highest BCUT2D eigenvalue weighted by molar-refractivity contribution is 7.09. The monoisotopic (exact) mass is 553 g/mol. The lowest BCUT2D eigenvalue weighted by atomic mass is 10.1. The molecule has 7 nitrogen and oxygen atoms in total. The number of fused-ring (bicyclic) bond motifs is 1. The minimum atomic E-state index is -0.544. The highest BCUT2D eigenvalue weighted by atomic mass is 32.1. The fourth-order valence-electron chi connectivity index (χ4n) is 5.18. The van der Waals surface area contributed by atoms with E-state index in [0.717, 1.165) is 75.0 Å². The van der Waals surface area contributed by atoms with E-state index in [0.29, 0.717) is 24.6 Å². The number of hydrogen-bond acceptors (Lipinski definition) is 5. The molecule has 2 heterocycles. The van der Waals surface area contributed by atoms with E-state index >= 15 is 0 Å². The number of nitrogens with zero attached hydrogens (tertiary/aromatic N) is 3. The van der Waals surface area contributed by atoms with Crippen molar-refractivity contribution in [1.29, 1.82) is 0 Å². The van der Waals surface area contributed by atoms with Crippen molar-refractivity contribution in [2.75, 3.05) is 26.2 Å². The molecule has 2 amide bonds. The van der Waals surface area contributed by atoms with Crippen LogP contribution < -0.4 is 10.6 Å². The van der Waals surface area contributed by atoms with E-state index in [-0.39, 0.29) is 11.8 Å². The number of nitrogens with one attached hydrogen (secondary N) is 2. The smallest absolute Gasteiger partial charge is 0.252 e. The van der Waals surface area contributed by atoms with Gasteiger partial charge in [-0.25, -0.2) is 4.98 Å². The van der Waals surface area contributed by atoms with Gasteiger partial charge in [0.15, 0.2) is 0 Å². The summed E-state index contributed by atoms with van der Waals surface area (Å²) >= 11 is 1.74. The third-order valence-electron chi connectivity index (χ3n) is 7.54. The Bertz CT molecular complexity index is 1170. The zero-order valence-corrected chi connectivity index (χ0v) is 25.3. The Balaban J connectivity index is 1.70. The number of imidazole rings is 1. The molecule has 0 aliphatic rings. The van der Waals surface area contributed by atoms with E-state index in [1.54, 1.807) is 11.3 Å². The maximum Gasteiger partial charge on any atom is 0.252 e. The summed E-state index contributed by atoms with van der Waals surface area (Å²) in [6.07, 6.45) is 6.20. The van der Waals surface area contributed by atoms with Gasteiger partial charge < -0.3 is 20.1 Å². The first-order chi connectivity index (χ1) is 18.9. The van der Waals surface area contributed by atoms with Crippen LogP contribution in [0.5, 0.6) is 0 Å². The molecule has 39 heavy (non-hydrogen) atoms. The van der Waals surface area contributed by atoms with Gasteiger partial charge in [0, 0.05) is 29.4 Å². The van der Waals surface area contributed by atoms with Crippen LogP contribution in [-0.2, 0) is 11.2 Å². The van der Waals surface area contributed by atoms with E-state index < -0.39 is 6.04 Å². The summed E-state index contributed by atoms with van der Waals surface area (Å²) in [5.41, 5.74) is 2.41. The van der Waals surface area contributed by atoms with Crippen LogP contribution in [0.4, 0.5) is 0 Å². The Morgan fingerprint density at radius 2 is 1.82 bits per heavy atom. The van der Waals surface area contributed by atoms with Crippen LogP contribution in [0.2, 0.25) is 0 Å². The first-order valence-corrected chi connectivity index (χ1v) is 15.7. The van der Waals surface area contributed by atoms with Crippen molar-refractivity contribution in [1.82, 2.24) is 25.1 Å². The SMILES string of the molecule is CCC[C@H](NC(=O)c1ccc2c(c1)nc(Cc1cccs1)n2C(CC)CC)C(=O)NCCCCN(CC)CC. The third-order valence-corrected chi connectivity index (χ3v) is 8.42. The second kappa shape index (κ2) is 15.8. The Hall–Kier alpha value is -2.71. The summed E-state index contributed by atoms with van der Waals surface area (Å²) in [7, 11) is 0. The van der Waals surface area contributed by atoms with Crippen LogP contribution in [0.3, 0.4) is 0 Å². The van der Waals surface area contributed by atoms with Gasteiger partial charge in [-0.05, 0) is 81.4 Å². The Labute approximate surface area is 238 Å². The second-order valence-electron chi connectivity index (χ2n) is 10.2. The average Bonchev–Trinajstić information content (AvgIpc) is 3.58. The molecule has 0 spiro atoms. The lowest BCUT2D eigenvalue weighted by Gasteiger charge is -2.20. The Kier molecular flexibility index (Phi) is 12.5. The summed E-state index contributed by atoms with van der Waals surface area (Å²) in [6, 6.07) is 9.77. The molecule has 0 saturated heterocycles. The van der Waals surface area contributed by atoms with Crippen molar-refractivity contribution in [2.45, 2.75) is 91.6 Å². The van der Waals surface area contributed by atoms with Crippen LogP contribution in [0.15, 0.2) is 35.7 Å². The minimum absolute atomic E-state index is 0.106. The van der Waals surface area contributed by atoms with Gasteiger partial charge in [-0.2, -0.15) is 0 Å². The van der Waals surface area contributed by atoms with Crippen molar-refractivity contribution >= 4 is 34.2 Å². The largest absolute Gasteiger partial charge is 0.354 e. The van der Waals surface area contributed by atoms with Gasteiger partial charge in [0.2, 0.25) is 5.91 Å². The number of benzene rings is 1. The number of carbonyl (C=O) groups excluding carboxylic acids is 2. The van der Waals surface area contributed by atoms with Gasteiger partial charge in [-0.1, -0.05) is 47.1 Å². The lowest BCUT2D eigenvalue weighted by molar-refractivity contribution is -0.123. The van der Waals surface area contributed by atoms with Crippen LogP contribution in [-0.4, -0.2) is 58.5 Å². The fourth-order valence-corrected chi connectivity index (χ4v) is 5.88. The number of amides is 2. The maximum absolute atomic E-state index is 13.3. The van der Waals surface area contributed by atoms with Crippen molar-refractivity contribution in [3.8, 4) is 0 Å². The highest BCUT2D eigenvalue weighted by Crippen LogP contribution is 2.28. The van der Waals surface area contributed by atoms with Crippen LogP contribution in [0.1, 0.15) is 100 Å². The van der Waals surface area contributed by atoms with Gasteiger partial charge in [0.05, 0.1) is 11.0 Å². The summed E-state index contributed by atoms with van der Waals surface area (Å²) in [5.74, 6) is 0.692. The quantitative estimate of drug-likeness (QED) is 0.196. The molecule has 0 fully saturated rings. The number of carbonyl (C=O) groups is 2. The maximum atomic E-state index is 13.3. The average molecular weight is 554 g/mol. The Morgan fingerprint density at radius 1 is 1.05 bits per heavy atom. The summed E-state index contributed by atoms with van der Waals surface area (Å²) in [4.78, 5) is 34.8. The van der Waals surface area contributed by atoms with Crippen molar-refractivity contribution in [2.24, 2.45) is 0 Å². The van der Waals surface area contributed by atoms with Gasteiger partial charge >= 0.3 is 0 Å². The molecule has 1 atom stereocenters. The fraction of sp³-hybridized carbons (Fsp3) is 0.581. The van der Waals surface area contributed by atoms with E-state index in [1.165, 1.54) is 4.88 Å². The first-order valence-electron chi connectivity index (χ1n) is 14.8. The van der Waals surface area contributed by atoms with Gasteiger partial charge in [0.1, 0.15) is 11.9 Å². The molecule has 2 N–H and O–H groups in total. The number of aromatic nitrogens is 2. The van der Waals surface area contributed by atoms with E-state index in [1.807, 2.05) is 25.1 Å². The standard InChI is InChI=1S/C31H47N5O2S/c1-6-14-26(31(38)32-18-11-12-19-35(9-4)10-5)34-30(37)23-16-17-28-27(21-23)33-29(22-25-15-13-20-39-25)36(28)24(7-2)8-3/h13,15-17,20-21,24,26H,6-12,14,18-19,22H2,1-5H3,(H,32,38)(H,34,37)/t26-/m0/s1. The molecule has 0 radical (unpaired) electrons. The van der Waals surface area contributed by atoms with Crippen molar-refractivity contribution in [3.63, 3.8) is 0 Å². The number of unbranched alkanes of at least 4 members (excludes halogenated alkanes) is 1. The molecule has 8 heteroatoms. The normalized spacial score (nSPS) is 12.4. The first kappa shape index (κ1) is 30.8. The molecule has 1 aromatic carbocycles. The van der Waals surface area contributed by atoms with Crippen molar-refractivity contribution in [3.05, 3.63) is 52.0 Å². The molecule has 0 unspecified atom stereocenters.